The van der Waals surface area contributed by atoms with Gasteiger partial charge in [0.05, 0.1) is 5.52 Å². The summed E-state index contributed by atoms with van der Waals surface area (Å²) in [7, 11) is 0. The molecule has 92 valence electrons. The fourth-order valence-corrected chi connectivity index (χ4v) is 3.01. The van der Waals surface area contributed by atoms with Crippen molar-refractivity contribution in [3.05, 3.63) is 58.8 Å². The van der Waals surface area contributed by atoms with Gasteiger partial charge in [0.2, 0.25) is 0 Å². The van der Waals surface area contributed by atoms with Crippen LogP contribution in [0.4, 0.5) is 4.39 Å². The van der Waals surface area contributed by atoms with Crippen molar-refractivity contribution in [1.29, 1.82) is 0 Å². The first-order chi connectivity index (χ1) is 9.24. The van der Waals surface area contributed by atoms with E-state index in [1.807, 2.05) is 42.5 Å². The van der Waals surface area contributed by atoms with Crippen LogP contribution in [0.3, 0.4) is 0 Å². The quantitative estimate of drug-likeness (QED) is 0.449. The van der Waals surface area contributed by atoms with Crippen molar-refractivity contribution >= 4 is 48.5 Å². The molecule has 0 saturated carbocycles. The van der Waals surface area contributed by atoms with E-state index in [1.54, 1.807) is 6.07 Å². The molecule has 0 amide bonds. The number of rotatable bonds is 0. The van der Waals surface area contributed by atoms with Gasteiger partial charge in [-0.2, -0.15) is 0 Å². The Bertz CT molecular complexity index is 940. The lowest BCUT2D eigenvalue weighted by Crippen LogP contribution is -1.82. The number of H-pyrrole nitrogens is 1. The van der Waals surface area contributed by atoms with Gasteiger partial charge in [0.25, 0.3) is 0 Å². The number of fused-ring (bicyclic) bond motifs is 4. The minimum Gasteiger partial charge on any atom is -0.352 e. The maximum Gasteiger partial charge on any atom is 0.155 e. The Morgan fingerprint density at radius 3 is 2.63 bits per heavy atom. The largest absolute Gasteiger partial charge is 0.352 e. The molecule has 1 heterocycles. The van der Waals surface area contributed by atoms with E-state index in [0.29, 0.717) is 10.9 Å². The second-order valence-electron chi connectivity index (χ2n) is 4.65. The van der Waals surface area contributed by atoms with Gasteiger partial charge in [-0.15, -0.1) is 0 Å². The summed E-state index contributed by atoms with van der Waals surface area (Å²) >= 11 is 3.43. The molecule has 19 heavy (non-hydrogen) atoms. The van der Waals surface area contributed by atoms with Gasteiger partial charge in [0.15, 0.2) is 5.82 Å². The van der Waals surface area contributed by atoms with E-state index in [9.17, 15) is 4.39 Å². The number of aromatic amines is 1. The maximum absolute atomic E-state index is 14.6. The summed E-state index contributed by atoms with van der Waals surface area (Å²) in [5.41, 5.74) is 1.54. The van der Waals surface area contributed by atoms with Crippen LogP contribution >= 0.6 is 15.9 Å². The molecule has 4 rings (SSSR count). The van der Waals surface area contributed by atoms with Gasteiger partial charge in [-0.1, -0.05) is 40.2 Å². The fraction of sp³-hybridized carbons (Fsp3) is 0. The third-order valence-corrected chi connectivity index (χ3v) is 4.01. The van der Waals surface area contributed by atoms with Crippen LogP contribution in [0, 0.1) is 5.82 Å². The van der Waals surface area contributed by atoms with E-state index in [0.717, 1.165) is 26.1 Å². The standard InChI is InChI=1S/C16H9BrFN/c17-10-5-6-11-9(7-10)8-13-12-3-1-2-4-14(12)19-16(13)15(11)18/h1-8,19H. The third kappa shape index (κ3) is 1.51. The zero-order chi connectivity index (χ0) is 13.0. The molecule has 0 fully saturated rings. The fourth-order valence-electron chi connectivity index (χ4n) is 2.63. The number of hydrogen-bond acceptors (Lipinski definition) is 0. The Balaban J connectivity index is 2.30. The first-order valence-electron chi connectivity index (χ1n) is 6.02. The minimum atomic E-state index is -0.184. The summed E-state index contributed by atoms with van der Waals surface area (Å²) in [6.45, 7) is 0. The molecule has 0 aliphatic carbocycles. The minimum absolute atomic E-state index is 0.184. The van der Waals surface area contributed by atoms with Gasteiger partial charge in [0.1, 0.15) is 0 Å². The van der Waals surface area contributed by atoms with Crippen LogP contribution in [0.2, 0.25) is 0 Å². The highest BCUT2D eigenvalue weighted by atomic mass is 79.9. The zero-order valence-electron chi connectivity index (χ0n) is 9.87. The molecule has 1 aromatic heterocycles. The second kappa shape index (κ2) is 3.81. The van der Waals surface area contributed by atoms with E-state index < -0.39 is 0 Å². The zero-order valence-corrected chi connectivity index (χ0v) is 11.5. The first kappa shape index (κ1) is 11.0. The Kier molecular flexibility index (Phi) is 2.21. The summed E-state index contributed by atoms with van der Waals surface area (Å²) in [4.78, 5) is 3.17. The molecular weight excluding hydrogens is 305 g/mol. The van der Waals surface area contributed by atoms with E-state index in [-0.39, 0.29) is 5.82 Å². The number of nitrogens with one attached hydrogen (secondary N) is 1. The van der Waals surface area contributed by atoms with Crippen LogP contribution in [0.1, 0.15) is 0 Å². The van der Waals surface area contributed by atoms with Crippen molar-refractivity contribution in [3.8, 4) is 0 Å². The smallest absolute Gasteiger partial charge is 0.155 e. The summed E-state index contributed by atoms with van der Waals surface area (Å²) in [5, 5.41) is 3.53. The number of hydrogen-bond donors (Lipinski definition) is 1. The van der Waals surface area contributed by atoms with Crippen molar-refractivity contribution in [3.63, 3.8) is 0 Å². The van der Waals surface area contributed by atoms with Crippen LogP contribution in [0.5, 0.6) is 0 Å². The molecule has 0 unspecified atom stereocenters. The Morgan fingerprint density at radius 1 is 0.895 bits per heavy atom. The van der Waals surface area contributed by atoms with Gasteiger partial charge in [-0.3, -0.25) is 0 Å². The number of halogens is 2. The molecule has 3 aromatic carbocycles. The van der Waals surface area contributed by atoms with Crippen molar-refractivity contribution in [1.82, 2.24) is 4.98 Å². The first-order valence-corrected chi connectivity index (χ1v) is 6.81. The molecule has 1 nitrogen and oxygen atoms in total. The second-order valence-corrected chi connectivity index (χ2v) is 5.56. The maximum atomic E-state index is 14.6. The molecule has 4 aromatic rings. The van der Waals surface area contributed by atoms with Crippen LogP contribution in [-0.4, -0.2) is 4.98 Å². The van der Waals surface area contributed by atoms with E-state index in [4.69, 9.17) is 0 Å². The molecule has 0 spiro atoms. The highest BCUT2D eigenvalue weighted by Gasteiger charge is 2.12. The average Bonchev–Trinajstić information content (AvgIpc) is 2.78. The summed E-state index contributed by atoms with van der Waals surface area (Å²) in [5.74, 6) is -0.184. The van der Waals surface area contributed by atoms with Crippen LogP contribution < -0.4 is 0 Å². The Morgan fingerprint density at radius 2 is 1.74 bits per heavy atom. The SMILES string of the molecule is Fc1c2ccc(Br)cc2cc2c1[nH]c1ccccc12. The van der Waals surface area contributed by atoms with Crippen LogP contribution in [-0.2, 0) is 0 Å². The van der Waals surface area contributed by atoms with Crippen LogP contribution in [0.15, 0.2) is 53.0 Å². The molecule has 1 N–H and O–H groups in total. The van der Waals surface area contributed by atoms with Gasteiger partial charge in [0, 0.05) is 26.1 Å². The topological polar surface area (TPSA) is 15.8 Å². The van der Waals surface area contributed by atoms with Gasteiger partial charge in [-0.05, 0) is 29.7 Å². The number of aromatic nitrogens is 1. The molecule has 3 heteroatoms. The number of benzene rings is 3. The molecular formula is C16H9BrFN. The van der Waals surface area contributed by atoms with Crippen molar-refractivity contribution in [2.75, 3.05) is 0 Å². The van der Waals surface area contributed by atoms with E-state index in [2.05, 4.69) is 20.9 Å². The molecule has 0 radical (unpaired) electrons. The number of para-hydroxylation sites is 1. The van der Waals surface area contributed by atoms with Crippen molar-refractivity contribution in [2.45, 2.75) is 0 Å². The highest BCUT2D eigenvalue weighted by molar-refractivity contribution is 9.10. The Hall–Kier alpha value is -1.87. The highest BCUT2D eigenvalue weighted by Crippen LogP contribution is 2.33. The lowest BCUT2D eigenvalue weighted by Gasteiger charge is -2.02. The van der Waals surface area contributed by atoms with E-state index in [1.165, 1.54) is 0 Å². The van der Waals surface area contributed by atoms with Crippen LogP contribution in [0.25, 0.3) is 32.6 Å². The Labute approximate surface area is 117 Å². The summed E-state index contributed by atoms with van der Waals surface area (Å²) in [6.07, 6.45) is 0. The molecule has 0 aliphatic rings. The molecule has 0 atom stereocenters. The normalized spacial score (nSPS) is 11.7. The lowest BCUT2D eigenvalue weighted by molar-refractivity contribution is 0.649. The van der Waals surface area contributed by atoms with Gasteiger partial charge in [-0.25, -0.2) is 4.39 Å². The predicted octanol–water partition coefficient (Wildman–Crippen LogP) is 5.38. The van der Waals surface area contributed by atoms with Crippen molar-refractivity contribution in [2.24, 2.45) is 0 Å². The van der Waals surface area contributed by atoms with Crippen molar-refractivity contribution < 1.29 is 4.39 Å². The molecule has 0 bridgehead atoms. The van der Waals surface area contributed by atoms with Gasteiger partial charge < -0.3 is 4.98 Å². The summed E-state index contributed by atoms with van der Waals surface area (Å²) in [6, 6.07) is 15.5. The lowest BCUT2D eigenvalue weighted by atomic mass is 10.1. The monoisotopic (exact) mass is 313 g/mol. The third-order valence-electron chi connectivity index (χ3n) is 3.52. The molecule has 0 aliphatic heterocycles. The average molecular weight is 314 g/mol. The van der Waals surface area contributed by atoms with E-state index >= 15 is 0 Å². The van der Waals surface area contributed by atoms with Gasteiger partial charge >= 0.3 is 0 Å². The summed E-state index contributed by atoms with van der Waals surface area (Å²) < 4.78 is 15.5. The molecule has 0 saturated heterocycles. The predicted molar refractivity (Wildman–Crippen MR) is 81.0 cm³/mol.